The molecule has 10 heavy (non-hydrogen) atoms. The third kappa shape index (κ3) is 1.21. The predicted molar refractivity (Wildman–Crippen MR) is 43.7 cm³/mol. The smallest absolute Gasteiger partial charge is 0.0210 e. The molecule has 0 atom stereocenters. The van der Waals surface area contributed by atoms with Crippen molar-refractivity contribution in [1.82, 2.24) is 0 Å². The van der Waals surface area contributed by atoms with Crippen molar-refractivity contribution in [2.45, 2.75) is 51.4 Å². The van der Waals surface area contributed by atoms with Crippen molar-refractivity contribution in [3.8, 4) is 0 Å². The second-order valence-corrected chi connectivity index (χ2v) is 3.85. The molecule has 0 aliphatic heterocycles. The van der Waals surface area contributed by atoms with E-state index in [9.17, 15) is 0 Å². The molecule has 0 N–H and O–H groups in total. The van der Waals surface area contributed by atoms with E-state index in [0.29, 0.717) is 0 Å². The second kappa shape index (κ2) is 2.94. The zero-order chi connectivity index (χ0) is 6.81. The summed E-state index contributed by atoms with van der Waals surface area (Å²) in [5.74, 6) is 3.00. The lowest BCUT2D eigenvalue weighted by molar-refractivity contribution is 0.535. The molecule has 0 bridgehead atoms. The summed E-state index contributed by atoms with van der Waals surface area (Å²) < 4.78 is 0. The Hall–Kier alpha value is 0. The zero-order valence-electron chi connectivity index (χ0n) is 6.73. The lowest BCUT2D eigenvalue weighted by Crippen LogP contribution is -2.03. The number of hydrogen-bond acceptors (Lipinski definition) is 0. The van der Waals surface area contributed by atoms with Gasteiger partial charge in [-0.3, -0.25) is 0 Å². The fraction of sp³-hybridized carbons (Fsp3) is 0.900. The Morgan fingerprint density at radius 1 is 0.800 bits per heavy atom. The van der Waals surface area contributed by atoms with Crippen molar-refractivity contribution in [2.24, 2.45) is 5.92 Å². The van der Waals surface area contributed by atoms with Crippen molar-refractivity contribution in [2.75, 3.05) is 0 Å². The summed E-state index contributed by atoms with van der Waals surface area (Å²) in [4.78, 5) is 0. The molecule has 0 heterocycles. The molecule has 0 nitrogen and oxygen atoms in total. The van der Waals surface area contributed by atoms with Crippen LogP contribution in [-0.2, 0) is 0 Å². The zero-order valence-corrected chi connectivity index (χ0v) is 6.73. The first kappa shape index (κ1) is 6.69. The Morgan fingerprint density at radius 2 is 1.40 bits per heavy atom. The van der Waals surface area contributed by atoms with Crippen LogP contribution in [0.2, 0.25) is 0 Å². The number of rotatable bonds is 1. The summed E-state index contributed by atoms with van der Waals surface area (Å²) in [6.45, 7) is 0. The van der Waals surface area contributed by atoms with Crippen molar-refractivity contribution in [3.05, 3.63) is 5.92 Å². The third-order valence-electron chi connectivity index (χ3n) is 3.18. The SMILES string of the molecule is C1CC[C](C2CCCC2)C1. The van der Waals surface area contributed by atoms with E-state index < -0.39 is 0 Å². The van der Waals surface area contributed by atoms with Gasteiger partial charge in [0, 0.05) is 0 Å². The molecule has 2 fully saturated rings. The summed E-state index contributed by atoms with van der Waals surface area (Å²) in [5.41, 5.74) is 0. The molecule has 0 aromatic heterocycles. The monoisotopic (exact) mass is 137 g/mol. The fourth-order valence-corrected chi connectivity index (χ4v) is 2.57. The van der Waals surface area contributed by atoms with Crippen LogP contribution < -0.4 is 0 Å². The Balaban J connectivity index is 1.85. The Bertz CT molecular complexity index is 80.6. The van der Waals surface area contributed by atoms with Gasteiger partial charge in [-0.25, -0.2) is 0 Å². The summed E-state index contributed by atoms with van der Waals surface area (Å²) >= 11 is 0. The molecule has 0 amide bonds. The summed E-state index contributed by atoms with van der Waals surface area (Å²) in [6.07, 6.45) is 12.0. The van der Waals surface area contributed by atoms with E-state index in [-0.39, 0.29) is 0 Å². The minimum atomic E-state index is 1.07. The quantitative estimate of drug-likeness (QED) is 0.520. The van der Waals surface area contributed by atoms with Crippen LogP contribution in [0.3, 0.4) is 0 Å². The molecule has 0 spiro atoms. The minimum absolute atomic E-state index is 1.07. The van der Waals surface area contributed by atoms with E-state index >= 15 is 0 Å². The van der Waals surface area contributed by atoms with E-state index in [0.717, 1.165) is 5.92 Å². The molecule has 2 aliphatic rings. The van der Waals surface area contributed by atoms with Gasteiger partial charge in [-0.1, -0.05) is 25.7 Å². The van der Waals surface area contributed by atoms with Crippen molar-refractivity contribution in [3.63, 3.8) is 0 Å². The summed E-state index contributed by atoms with van der Waals surface area (Å²) in [6, 6.07) is 0. The molecule has 0 aromatic carbocycles. The van der Waals surface area contributed by atoms with Gasteiger partial charge in [-0.15, -0.1) is 0 Å². The molecule has 0 unspecified atom stereocenters. The Kier molecular flexibility index (Phi) is 1.97. The van der Waals surface area contributed by atoms with E-state index in [2.05, 4.69) is 0 Å². The van der Waals surface area contributed by atoms with Gasteiger partial charge in [0.05, 0.1) is 0 Å². The molecular weight excluding hydrogens is 120 g/mol. The molecule has 0 heteroatoms. The highest BCUT2D eigenvalue weighted by atomic mass is 14.3. The number of hydrogen-bond donors (Lipinski definition) is 0. The molecule has 57 valence electrons. The van der Waals surface area contributed by atoms with E-state index in [1.165, 1.54) is 51.4 Å². The van der Waals surface area contributed by atoms with Crippen LogP contribution in [0.25, 0.3) is 0 Å². The molecule has 2 aliphatic carbocycles. The summed E-state index contributed by atoms with van der Waals surface area (Å²) in [7, 11) is 0. The van der Waals surface area contributed by atoms with Gasteiger partial charge < -0.3 is 0 Å². The van der Waals surface area contributed by atoms with Gasteiger partial charge in [-0.05, 0) is 37.5 Å². The van der Waals surface area contributed by atoms with Crippen LogP contribution in [-0.4, -0.2) is 0 Å². The van der Waals surface area contributed by atoms with Gasteiger partial charge in [0.1, 0.15) is 0 Å². The van der Waals surface area contributed by atoms with Crippen LogP contribution in [0, 0.1) is 11.8 Å². The van der Waals surface area contributed by atoms with Gasteiger partial charge in [0.2, 0.25) is 0 Å². The van der Waals surface area contributed by atoms with E-state index in [4.69, 9.17) is 0 Å². The molecule has 1 radical (unpaired) electrons. The van der Waals surface area contributed by atoms with Gasteiger partial charge >= 0.3 is 0 Å². The largest absolute Gasteiger partial charge is 0.0530 e. The maximum atomic E-state index is 1.93. The van der Waals surface area contributed by atoms with Crippen LogP contribution >= 0.6 is 0 Å². The maximum absolute atomic E-state index is 1.93. The van der Waals surface area contributed by atoms with Crippen LogP contribution in [0.1, 0.15) is 51.4 Å². The first-order valence-electron chi connectivity index (χ1n) is 4.81. The molecule has 0 aromatic rings. The first-order chi connectivity index (χ1) is 4.97. The Labute approximate surface area is 64.0 Å². The second-order valence-electron chi connectivity index (χ2n) is 3.85. The third-order valence-corrected chi connectivity index (χ3v) is 3.18. The average Bonchev–Trinajstić information content (AvgIpc) is 2.59. The van der Waals surface area contributed by atoms with Crippen molar-refractivity contribution >= 4 is 0 Å². The molecule has 0 saturated heterocycles. The average molecular weight is 137 g/mol. The van der Waals surface area contributed by atoms with Gasteiger partial charge in [-0.2, -0.15) is 0 Å². The molecule has 2 rings (SSSR count). The van der Waals surface area contributed by atoms with Crippen molar-refractivity contribution in [1.29, 1.82) is 0 Å². The highest BCUT2D eigenvalue weighted by molar-refractivity contribution is 5.01. The maximum Gasteiger partial charge on any atom is -0.0210 e. The lowest BCUT2D eigenvalue weighted by Gasteiger charge is -2.15. The predicted octanol–water partition coefficient (Wildman–Crippen LogP) is 3.33. The Morgan fingerprint density at radius 3 is 2.00 bits per heavy atom. The van der Waals surface area contributed by atoms with E-state index in [1.807, 2.05) is 5.92 Å². The fourth-order valence-electron chi connectivity index (χ4n) is 2.57. The van der Waals surface area contributed by atoms with Crippen molar-refractivity contribution < 1.29 is 0 Å². The van der Waals surface area contributed by atoms with E-state index in [1.54, 1.807) is 0 Å². The normalized spacial score (nSPS) is 30.0. The van der Waals surface area contributed by atoms with Gasteiger partial charge in [0.25, 0.3) is 0 Å². The topological polar surface area (TPSA) is 0 Å². The van der Waals surface area contributed by atoms with Crippen LogP contribution in [0.15, 0.2) is 0 Å². The highest BCUT2D eigenvalue weighted by Gasteiger charge is 2.27. The molecular formula is C10H17. The van der Waals surface area contributed by atoms with Crippen LogP contribution in [0.4, 0.5) is 0 Å². The van der Waals surface area contributed by atoms with Crippen LogP contribution in [0.5, 0.6) is 0 Å². The summed E-state index contributed by atoms with van der Waals surface area (Å²) in [5, 5.41) is 0. The lowest BCUT2D eigenvalue weighted by atomic mass is 9.90. The standard InChI is InChI=1S/C10H17/c1-2-6-9(5-1)10-7-3-4-8-10/h9H,1-8H2. The van der Waals surface area contributed by atoms with Gasteiger partial charge in [0.15, 0.2) is 0 Å². The first-order valence-corrected chi connectivity index (χ1v) is 4.81. The minimum Gasteiger partial charge on any atom is -0.0530 e. The highest BCUT2D eigenvalue weighted by Crippen LogP contribution is 2.41. The molecule has 2 saturated carbocycles.